The molecule has 3 aromatic rings. The highest BCUT2D eigenvalue weighted by Crippen LogP contribution is 2.30. The summed E-state index contributed by atoms with van der Waals surface area (Å²) in [4.78, 5) is 25.3. The summed E-state index contributed by atoms with van der Waals surface area (Å²) in [7, 11) is 0. The number of nitrogens with one attached hydrogen (secondary N) is 2. The van der Waals surface area contributed by atoms with Crippen LogP contribution in [0, 0.1) is 6.92 Å². The molecule has 4 rings (SSSR count). The second-order valence-electron chi connectivity index (χ2n) is 8.72. The predicted octanol–water partition coefficient (Wildman–Crippen LogP) is 5.58. The Balaban J connectivity index is 1.46. The Bertz CT molecular complexity index is 1180. The molecule has 0 atom stereocenters. The van der Waals surface area contributed by atoms with Crippen molar-refractivity contribution in [3.63, 3.8) is 0 Å². The monoisotopic (exact) mass is 457 g/mol. The minimum atomic E-state index is -0.277. The zero-order valence-corrected chi connectivity index (χ0v) is 19.8. The lowest BCUT2D eigenvalue weighted by molar-refractivity contribution is -0.120. The minimum absolute atomic E-state index is 0.174. The molecule has 0 saturated carbocycles. The van der Waals surface area contributed by atoms with Gasteiger partial charge in [-0.25, -0.2) is 5.43 Å². The van der Waals surface area contributed by atoms with Gasteiger partial charge in [-0.15, -0.1) is 0 Å². The van der Waals surface area contributed by atoms with E-state index in [4.69, 9.17) is 4.42 Å². The summed E-state index contributed by atoms with van der Waals surface area (Å²) >= 11 is 0. The summed E-state index contributed by atoms with van der Waals surface area (Å²) in [5.74, 6) is 0.595. The van der Waals surface area contributed by atoms with Gasteiger partial charge in [-0.2, -0.15) is 5.10 Å². The normalized spacial score (nSPS) is 14.0. The number of fused-ring (bicyclic) bond motifs is 1. The zero-order valence-electron chi connectivity index (χ0n) is 19.8. The summed E-state index contributed by atoms with van der Waals surface area (Å²) in [6.07, 6.45) is 5.93. The van der Waals surface area contributed by atoms with Gasteiger partial charge in [0.1, 0.15) is 5.76 Å². The standard InChI is InChI=1S/C28H31N3O3/c1-3-4-9-20-14-16-22(17-15-20)29-28(33)27-19(2)26-23(12-8-13-24(26)34-27)30-31-25(32)18-21-10-6-5-7-11-21/h5-7,10-11,14-17H,3-4,8-9,12-13,18H2,1-2H3,(H,29,33)(H,31,32)/b30-23+. The van der Waals surface area contributed by atoms with Gasteiger partial charge in [-0.1, -0.05) is 55.8 Å². The van der Waals surface area contributed by atoms with E-state index in [1.165, 1.54) is 5.56 Å². The number of rotatable bonds is 8. The van der Waals surface area contributed by atoms with Gasteiger partial charge in [-0.05, 0) is 55.9 Å². The number of hydrogen-bond donors (Lipinski definition) is 2. The van der Waals surface area contributed by atoms with Crippen LogP contribution in [0.5, 0.6) is 0 Å². The van der Waals surface area contributed by atoms with Crippen molar-refractivity contribution in [1.29, 1.82) is 0 Å². The Morgan fingerprint density at radius 2 is 1.76 bits per heavy atom. The molecule has 1 aliphatic carbocycles. The van der Waals surface area contributed by atoms with Crippen LogP contribution in [0.4, 0.5) is 5.69 Å². The molecule has 0 aliphatic heterocycles. The summed E-state index contributed by atoms with van der Waals surface area (Å²) < 4.78 is 5.97. The first kappa shape index (κ1) is 23.5. The molecule has 34 heavy (non-hydrogen) atoms. The number of unbranched alkanes of at least 4 members (excludes halogenated alkanes) is 1. The van der Waals surface area contributed by atoms with Crippen LogP contribution in [-0.2, 0) is 24.1 Å². The molecule has 0 saturated heterocycles. The Kier molecular flexibility index (Phi) is 7.58. The summed E-state index contributed by atoms with van der Waals surface area (Å²) in [6.45, 7) is 4.05. The molecule has 0 unspecified atom stereocenters. The summed E-state index contributed by atoms with van der Waals surface area (Å²) in [5, 5.41) is 7.34. The maximum absolute atomic E-state index is 13.0. The minimum Gasteiger partial charge on any atom is -0.455 e. The van der Waals surface area contributed by atoms with E-state index >= 15 is 0 Å². The summed E-state index contributed by atoms with van der Waals surface area (Å²) in [6, 6.07) is 17.5. The number of aryl methyl sites for hydroxylation is 2. The van der Waals surface area contributed by atoms with Gasteiger partial charge in [-0.3, -0.25) is 9.59 Å². The fourth-order valence-corrected chi connectivity index (χ4v) is 4.27. The number of carbonyl (C=O) groups is 2. The molecular weight excluding hydrogens is 426 g/mol. The first-order chi connectivity index (χ1) is 16.5. The van der Waals surface area contributed by atoms with Gasteiger partial charge >= 0.3 is 0 Å². The SMILES string of the molecule is CCCCc1ccc(NC(=O)c2oc3c(c2C)/C(=N/NC(=O)Cc2ccccc2)CCC3)cc1. The van der Waals surface area contributed by atoms with E-state index in [1.54, 1.807) is 0 Å². The third-order valence-corrected chi connectivity index (χ3v) is 6.09. The molecule has 0 bridgehead atoms. The van der Waals surface area contributed by atoms with Crippen molar-refractivity contribution >= 4 is 23.2 Å². The lowest BCUT2D eigenvalue weighted by atomic mass is 9.93. The number of benzene rings is 2. The van der Waals surface area contributed by atoms with Crippen LogP contribution in [0.1, 0.15) is 71.2 Å². The second kappa shape index (κ2) is 11.0. The number of hydrazone groups is 1. The van der Waals surface area contributed by atoms with Gasteiger partial charge in [0.25, 0.3) is 5.91 Å². The van der Waals surface area contributed by atoms with E-state index in [9.17, 15) is 9.59 Å². The fourth-order valence-electron chi connectivity index (χ4n) is 4.27. The molecule has 176 valence electrons. The zero-order chi connectivity index (χ0) is 23.9. The number of nitrogens with zero attached hydrogens (tertiary/aromatic N) is 1. The Morgan fingerprint density at radius 3 is 2.50 bits per heavy atom. The van der Waals surface area contributed by atoms with Crippen molar-refractivity contribution in [2.24, 2.45) is 5.10 Å². The van der Waals surface area contributed by atoms with Crippen LogP contribution in [0.25, 0.3) is 0 Å². The van der Waals surface area contributed by atoms with Crippen molar-refractivity contribution in [3.8, 4) is 0 Å². The molecule has 0 fully saturated rings. The van der Waals surface area contributed by atoms with Crippen molar-refractivity contribution in [2.75, 3.05) is 5.32 Å². The van der Waals surface area contributed by atoms with Crippen LogP contribution in [0.15, 0.2) is 64.1 Å². The fraction of sp³-hybridized carbons (Fsp3) is 0.321. The Morgan fingerprint density at radius 1 is 1.00 bits per heavy atom. The molecule has 6 nitrogen and oxygen atoms in total. The van der Waals surface area contributed by atoms with Gasteiger partial charge in [0, 0.05) is 23.2 Å². The Labute approximate surface area is 200 Å². The first-order valence-electron chi connectivity index (χ1n) is 12.0. The number of amides is 2. The first-order valence-corrected chi connectivity index (χ1v) is 12.0. The maximum atomic E-state index is 13.0. The van der Waals surface area contributed by atoms with Crippen LogP contribution in [0.3, 0.4) is 0 Å². The van der Waals surface area contributed by atoms with Crippen LogP contribution >= 0.6 is 0 Å². The third-order valence-electron chi connectivity index (χ3n) is 6.09. The number of carbonyl (C=O) groups excluding carboxylic acids is 2. The molecule has 0 radical (unpaired) electrons. The molecule has 2 aromatic carbocycles. The van der Waals surface area contributed by atoms with E-state index in [0.717, 1.165) is 72.4 Å². The highest BCUT2D eigenvalue weighted by molar-refractivity contribution is 6.09. The van der Waals surface area contributed by atoms with Crippen LogP contribution in [0.2, 0.25) is 0 Å². The largest absolute Gasteiger partial charge is 0.455 e. The molecule has 1 heterocycles. The third kappa shape index (κ3) is 5.63. The average Bonchev–Trinajstić information content (AvgIpc) is 3.20. The van der Waals surface area contributed by atoms with E-state index in [0.29, 0.717) is 5.76 Å². The molecule has 2 N–H and O–H groups in total. The molecule has 2 amide bonds. The van der Waals surface area contributed by atoms with Crippen molar-refractivity contribution < 1.29 is 14.0 Å². The van der Waals surface area contributed by atoms with E-state index in [2.05, 4.69) is 22.8 Å². The average molecular weight is 458 g/mol. The smallest absolute Gasteiger partial charge is 0.291 e. The molecule has 6 heteroatoms. The van der Waals surface area contributed by atoms with Gasteiger partial charge in [0.15, 0.2) is 5.76 Å². The van der Waals surface area contributed by atoms with Crippen LogP contribution < -0.4 is 10.7 Å². The number of hydrogen-bond acceptors (Lipinski definition) is 4. The topological polar surface area (TPSA) is 83.7 Å². The lowest BCUT2D eigenvalue weighted by Gasteiger charge is -2.13. The Hall–Kier alpha value is -3.67. The summed E-state index contributed by atoms with van der Waals surface area (Å²) in [5.41, 5.74) is 7.95. The lowest BCUT2D eigenvalue weighted by Crippen LogP contribution is -2.23. The maximum Gasteiger partial charge on any atom is 0.291 e. The molecule has 1 aromatic heterocycles. The quantitative estimate of drug-likeness (QED) is 0.433. The van der Waals surface area contributed by atoms with E-state index in [-0.39, 0.29) is 18.2 Å². The highest BCUT2D eigenvalue weighted by Gasteiger charge is 2.28. The van der Waals surface area contributed by atoms with Gasteiger partial charge in [0.05, 0.1) is 12.1 Å². The number of furan rings is 1. The molecular formula is C28H31N3O3. The van der Waals surface area contributed by atoms with E-state index in [1.807, 2.05) is 61.5 Å². The molecule has 1 aliphatic rings. The number of anilines is 1. The highest BCUT2D eigenvalue weighted by atomic mass is 16.4. The molecule has 0 spiro atoms. The van der Waals surface area contributed by atoms with Crippen molar-refractivity contribution in [2.45, 2.75) is 58.8 Å². The second-order valence-corrected chi connectivity index (χ2v) is 8.72. The van der Waals surface area contributed by atoms with E-state index < -0.39 is 0 Å². The van der Waals surface area contributed by atoms with Crippen LogP contribution in [-0.4, -0.2) is 17.5 Å². The van der Waals surface area contributed by atoms with Gasteiger partial charge in [0.2, 0.25) is 5.91 Å². The van der Waals surface area contributed by atoms with Gasteiger partial charge < -0.3 is 9.73 Å². The van der Waals surface area contributed by atoms with Crippen molar-refractivity contribution in [3.05, 3.63) is 88.4 Å². The predicted molar refractivity (Wildman–Crippen MR) is 134 cm³/mol. The van der Waals surface area contributed by atoms with Crippen molar-refractivity contribution in [1.82, 2.24) is 5.43 Å².